The van der Waals surface area contributed by atoms with Crippen molar-refractivity contribution in [2.45, 2.75) is 231 Å². The van der Waals surface area contributed by atoms with Crippen molar-refractivity contribution < 1.29 is 57.7 Å². The highest BCUT2D eigenvalue weighted by Crippen LogP contribution is 2.43. The van der Waals surface area contributed by atoms with Gasteiger partial charge in [-0.05, 0) is 25.7 Å². The molecule has 1 aliphatic rings. The van der Waals surface area contributed by atoms with Crippen molar-refractivity contribution in [1.29, 1.82) is 0 Å². The summed E-state index contributed by atoms with van der Waals surface area (Å²) in [5.41, 5.74) is 5.35. The minimum atomic E-state index is -4.48. The number of aliphatic hydroxyl groups excluding tert-OH is 3. The Morgan fingerprint density at radius 1 is 0.672 bits per heavy atom. The Labute approximate surface area is 369 Å². The number of carbonyl (C=O) groups excluding carboxylic acids is 3. The van der Waals surface area contributed by atoms with Gasteiger partial charge in [0.1, 0.15) is 12.4 Å². The zero-order valence-corrected chi connectivity index (χ0v) is 39.1. The lowest BCUT2D eigenvalue weighted by molar-refractivity contribution is -0.161. The maximum absolute atomic E-state index is 12.9. The second-order valence-corrected chi connectivity index (χ2v) is 18.8. The van der Waals surface area contributed by atoms with Gasteiger partial charge in [-0.15, -0.1) is 0 Å². The molecule has 0 amide bonds. The molecule has 0 spiro atoms. The highest BCUT2D eigenvalue weighted by atomic mass is 31.2. The van der Waals surface area contributed by atoms with Crippen molar-refractivity contribution in [2.24, 2.45) is 17.6 Å². The molecular weight excluding hydrogens is 801 g/mol. The number of ketones is 1. The number of nitrogens with two attached hydrogens (primary N) is 1. The van der Waals surface area contributed by atoms with Crippen molar-refractivity contribution in [1.82, 2.24) is 0 Å². The Morgan fingerprint density at radius 2 is 1.16 bits per heavy atom. The highest BCUT2D eigenvalue weighted by molar-refractivity contribution is 7.47. The lowest BCUT2D eigenvalue weighted by atomic mass is 9.87. The molecule has 358 valence electrons. The van der Waals surface area contributed by atoms with Crippen LogP contribution >= 0.6 is 7.82 Å². The third-order valence-corrected chi connectivity index (χ3v) is 12.6. The summed E-state index contributed by atoms with van der Waals surface area (Å²) in [6, 6.07) is 0. The van der Waals surface area contributed by atoms with Gasteiger partial charge in [-0.2, -0.15) is 0 Å². The summed E-state index contributed by atoms with van der Waals surface area (Å²) in [6.45, 7) is 3.22. The first-order valence-corrected chi connectivity index (χ1v) is 25.8. The summed E-state index contributed by atoms with van der Waals surface area (Å²) >= 11 is 0. The third kappa shape index (κ3) is 31.7. The SMILES string of the molecule is CCCCCCCCCCCCCCCCCCCCCC(=O)OC[C@H](COP(=O)(O)OCCN)OC(=O)CCCCC(=O)C[C@@H]1[C@@H](/C=C/[C@@H](O)CCCCC)[C@H](O)C[C@@H]1O. The number of rotatable bonds is 42. The van der Waals surface area contributed by atoms with Crippen LogP contribution in [0.25, 0.3) is 0 Å². The quantitative estimate of drug-likeness (QED) is 0.0167. The van der Waals surface area contributed by atoms with E-state index in [1.807, 2.05) is 0 Å². The van der Waals surface area contributed by atoms with E-state index in [9.17, 15) is 39.2 Å². The molecule has 0 saturated heterocycles. The van der Waals surface area contributed by atoms with Crippen LogP contribution in [0.2, 0.25) is 0 Å². The van der Waals surface area contributed by atoms with Gasteiger partial charge < -0.3 is 35.4 Å². The van der Waals surface area contributed by atoms with E-state index in [1.165, 1.54) is 96.3 Å². The van der Waals surface area contributed by atoms with Crippen molar-refractivity contribution >= 4 is 25.5 Å². The number of phosphoric ester groups is 1. The number of carbonyl (C=O) groups is 3. The number of hydrogen-bond donors (Lipinski definition) is 5. The number of Topliss-reactive ketones (excluding diaryl/α,β-unsaturated/α-hetero) is 1. The van der Waals surface area contributed by atoms with Crippen molar-refractivity contribution in [3.63, 3.8) is 0 Å². The standard InChI is InChI=1S/C47H88NO12P/c1-3-5-7-8-9-10-11-12-13-14-15-16-17-18-19-20-21-22-24-29-46(53)57-37-41(38-59-61(55,56)58-34-33-48)60-47(54)30-26-25-28-40(50)35-43-42(44(51)36-45(43)52)32-31-39(49)27-23-6-4-2/h31-32,39,41-45,49,51-52H,3-30,33-38,48H2,1-2H3,(H,55,56)/b32-31+/t39-,41+,42+,43+,44+,45-/m0/s1. The fourth-order valence-corrected chi connectivity index (χ4v) is 8.69. The molecule has 7 atom stereocenters. The highest BCUT2D eigenvalue weighted by Gasteiger charge is 2.41. The lowest BCUT2D eigenvalue weighted by Crippen LogP contribution is -2.29. The predicted molar refractivity (Wildman–Crippen MR) is 241 cm³/mol. The van der Waals surface area contributed by atoms with Crippen LogP contribution in [0.5, 0.6) is 0 Å². The average Bonchev–Trinajstić information content (AvgIpc) is 3.49. The smallest absolute Gasteiger partial charge is 0.462 e. The van der Waals surface area contributed by atoms with Crippen LogP contribution < -0.4 is 5.73 Å². The fourth-order valence-electron chi connectivity index (χ4n) is 7.93. The Balaban J connectivity index is 2.34. The van der Waals surface area contributed by atoms with Gasteiger partial charge in [-0.3, -0.25) is 23.4 Å². The third-order valence-electron chi connectivity index (χ3n) is 11.6. The van der Waals surface area contributed by atoms with Crippen LogP contribution in [-0.2, 0) is 37.5 Å². The maximum atomic E-state index is 12.9. The molecule has 0 radical (unpaired) electrons. The van der Waals surface area contributed by atoms with Gasteiger partial charge in [0.25, 0.3) is 0 Å². The summed E-state index contributed by atoms with van der Waals surface area (Å²) in [7, 11) is -4.48. The molecule has 61 heavy (non-hydrogen) atoms. The van der Waals surface area contributed by atoms with E-state index in [1.54, 1.807) is 12.2 Å². The first kappa shape index (κ1) is 57.3. The zero-order valence-electron chi connectivity index (χ0n) is 38.2. The first-order valence-electron chi connectivity index (χ1n) is 24.3. The van der Waals surface area contributed by atoms with Crippen molar-refractivity contribution in [3.8, 4) is 0 Å². The van der Waals surface area contributed by atoms with E-state index in [4.69, 9.17) is 24.3 Å². The van der Waals surface area contributed by atoms with Gasteiger partial charge in [0.15, 0.2) is 6.10 Å². The predicted octanol–water partition coefficient (Wildman–Crippen LogP) is 9.73. The molecule has 14 heteroatoms. The Hall–Kier alpha value is -1.70. The molecule has 6 N–H and O–H groups in total. The van der Waals surface area contributed by atoms with Crippen LogP contribution in [0.3, 0.4) is 0 Å². The second-order valence-electron chi connectivity index (χ2n) is 17.3. The number of unbranched alkanes of at least 4 members (excludes halogenated alkanes) is 21. The second kappa shape index (κ2) is 37.7. The van der Waals surface area contributed by atoms with E-state index in [0.717, 1.165) is 38.5 Å². The molecule has 0 heterocycles. The number of ether oxygens (including phenoxy) is 2. The van der Waals surface area contributed by atoms with E-state index in [-0.39, 0.29) is 57.6 Å². The van der Waals surface area contributed by atoms with Crippen LogP contribution in [0.4, 0.5) is 0 Å². The molecular formula is C47H88NO12P. The molecule has 1 aliphatic carbocycles. The summed E-state index contributed by atoms with van der Waals surface area (Å²) in [4.78, 5) is 48.0. The molecule has 0 aromatic rings. The van der Waals surface area contributed by atoms with Crippen LogP contribution in [0.15, 0.2) is 12.2 Å². The first-order chi connectivity index (χ1) is 29.4. The molecule has 1 rings (SSSR count). The van der Waals surface area contributed by atoms with Crippen LogP contribution in [0.1, 0.15) is 206 Å². The van der Waals surface area contributed by atoms with E-state index >= 15 is 0 Å². The van der Waals surface area contributed by atoms with Gasteiger partial charge in [0, 0.05) is 50.5 Å². The summed E-state index contributed by atoms with van der Waals surface area (Å²) < 4.78 is 32.8. The van der Waals surface area contributed by atoms with Crippen LogP contribution in [0, 0.1) is 11.8 Å². The Bertz CT molecular complexity index is 1190. The molecule has 0 aliphatic heterocycles. The molecule has 1 fully saturated rings. The van der Waals surface area contributed by atoms with Gasteiger partial charge >= 0.3 is 19.8 Å². The number of esters is 2. The maximum Gasteiger partial charge on any atom is 0.472 e. The monoisotopic (exact) mass is 890 g/mol. The molecule has 13 nitrogen and oxygen atoms in total. The number of aliphatic hydroxyl groups is 3. The average molecular weight is 890 g/mol. The molecule has 0 aromatic heterocycles. The normalized spacial score (nSPS) is 19.9. The Morgan fingerprint density at radius 3 is 1.72 bits per heavy atom. The largest absolute Gasteiger partial charge is 0.472 e. The minimum absolute atomic E-state index is 0.00390. The number of phosphoric acid groups is 1. The van der Waals surface area contributed by atoms with E-state index in [2.05, 4.69) is 13.8 Å². The lowest BCUT2D eigenvalue weighted by Gasteiger charge is -2.20. The summed E-state index contributed by atoms with van der Waals surface area (Å²) in [6.07, 6.45) is 28.7. The fraction of sp³-hybridized carbons (Fsp3) is 0.894. The van der Waals surface area contributed by atoms with Gasteiger partial charge in [-0.25, -0.2) is 4.57 Å². The molecule has 0 bridgehead atoms. The van der Waals surface area contributed by atoms with Gasteiger partial charge in [0.05, 0.1) is 31.5 Å². The van der Waals surface area contributed by atoms with Crippen molar-refractivity contribution in [2.75, 3.05) is 26.4 Å². The van der Waals surface area contributed by atoms with Gasteiger partial charge in [0.2, 0.25) is 0 Å². The van der Waals surface area contributed by atoms with Crippen molar-refractivity contribution in [3.05, 3.63) is 12.2 Å². The van der Waals surface area contributed by atoms with E-state index < -0.39 is 62.6 Å². The zero-order chi connectivity index (χ0) is 45.0. The summed E-state index contributed by atoms with van der Waals surface area (Å²) in [5, 5.41) is 31.3. The van der Waals surface area contributed by atoms with Crippen LogP contribution in [-0.4, -0.2) is 88.7 Å². The molecule has 1 saturated carbocycles. The van der Waals surface area contributed by atoms with E-state index in [0.29, 0.717) is 25.7 Å². The molecule has 1 unspecified atom stereocenters. The van der Waals surface area contributed by atoms with Gasteiger partial charge in [-0.1, -0.05) is 161 Å². The minimum Gasteiger partial charge on any atom is -0.462 e. The number of hydrogen-bond acceptors (Lipinski definition) is 12. The Kier molecular flexibility index (Phi) is 35.4. The topological polar surface area (TPSA) is 212 Å². The molecule has 0 aromatic carbocycles. The summed E-state index contributed by atoms with van der Waals surface area (Å²) in [5.74, 6) is -2.11.